The van der Waals surface area contributed by atoms with Gasteiger partial charge in [0.2, 0.25) is 5.91 Å². The number of anilines is 1. The van der Waals surface area contributed by atoms with E-state index >= 15 is 0 Å². The minimum atomic E-state index is -0.609. The zero-order valence-electron chi connectivity index (χ0n) is 11.1. The van der Waals surface area contributed by atoms with Gasteiger partial charge in [-0.15, -0.1) is 0 Å². The maximum absolute atomic E-state index is 11.8. The number of amides is 1. The van der Waals surface area contributed by atoms with Gasteiger partial charge in [-0.25, -0.2) is 4.68 Å². The SMILES string of the molecule is CNC(=O)CCNc1cnn(CC(=O)OC)c(=O)c1Cl. The first-order valence-electron chi connectivity index (χ1n) is 5.76. The van der Waals surface area contributed by atoms with E-state index in [0.29, 0.717) is 12.2 Å². The highest BCUT2D eigenvalue weighted by Gasteiger charge is 2.12. The molecular weight excluding hydrogens is 288 g/mol. The fraction of sp³-hybridized carbons (Fsp3) is 0.455. The Hall–Kier alpha value is -2.09. The third-order valence-corrected chi connectivity index (χ3v) is 2.80. The van der Waals surface area contributed by atoms with E-state index in [-0.39, 0.29) is 23.9 Å². The summed E-state index contributed by atoms with van der Waals surface area (Å²) in [5.41, 5.74) is -0.302. The second-order valence-corrected chi connectivity index (χ2v) is 4.14. The van der Waals surface area contributed by atoms with E-state index in [1.165, 1.54) is 20.4 Å². The van der Waals surface area contributed by atoms with Crippen LogP contribution in [0.3, 0.4) is 0 Å². The number of carbonyl (C=O) groups is 2. The number of nitrogens with one attached hydrogen (secondary N) is 2. The molecule has 0 aliphatic rings. The summed E-state index contributed by atoms with van der Waals surface area (Å²) in [7, 11) is 2.74. The molecule has 0 aromatic carbocycles. The van der Waals surface area contributed by atoms with Gasteiger partial charge in [0.15, 0.2) is 0 Å². The Labute approximate surface area is 120 Å². The van der Waals surface area contributed by atoms with E-state index in [0.717, 1.165) is 4.68 Å². The fourth-order valence-electron chi connectivity index (χ4n) is 1.32. The molecule has 20 heavy (non-hydrogen) atoms. The van der Waals surface area contributed by atoms with Crippen LogP contribution in [0.2, 0.25) is 5.02 Å². The van der Waals surface area contributed by atoms with E-state index < -0.39 is 11.5 Å². The van der Waals surface area contributed by atoms with Crippen LogP contribution in [0.15, 0.2) is 11.0 Å². The lowest BCUT2D eigenvalue weighted by Gasteiger charge is -2.09. The molecule has 2 N–H and O–H groups in total. The molecule has 8 nitrogen and oxygen atoms in total. The lowest BCUT2D eigenvalue weighted by atomic mass is 10.3. The van der Waals surface area contributed by atoms with E-state index in [1.807, 2.05) is 0 Å². The molecule has 110 valence electrons. The molecule has 0 saturated heterocycles. The molecule has 0 bridgehead atoms. The standard InChI is InChI=1S/C11H15ClN4O4/c1-13-8(17)3-4-14-7-5-15-16(6-9(18)20-2)11(19)10(7)12/h5,14H,3-4,6H2,1-2H3,(H,13,17). The van der Waals surface area contributed by atoms with Crippen molar-refractivity contribution in [2.75, 3.05) is 26.0 Å². The van der Waals surface area contributed by atoms with E-state index in [9.17, 15) is 14.4 Å². The Kier molecular flexibility index (Phi) is 5.98. The van der Waals surface area contributed by atoms with Crippen molar-refractivity contribution < 1.29 is 14.3 Å². The van der Waals surface area contributed by atoms with Crippen LogP contribution in [0, 0.1) is 0 Å². The Morgan fingerprint density at radius 2 is 2.20 bits per heavy atom. The fourth-order valence-corrected chi connectivity index (χ4v) is 1.54. The lowest BCUT2D eigenvalue weighted by Crippen LogP contribution is -2.28. The van der Waals surface area contributed by atoms with Gasteiger partial charge in [-0.3, -0.25) is 14.4 Å². The van der Waals surface area contributed by atoms with Gasteiger partial charge in [0.05, 0.1) is 19.0 Å². The summed E-state index contributed by atoms with van der Waals surface area (Å²) in [6.45, 7) is -0.00486. The summed E-state index contributed by atoms with van der Waals surface area (Å²) < 4.78 is 5.34. The number of nitrogens with zero attached hydrogens (tertiary/aromatic N) is 2. The number of halogens is 1. The molecule has 0 unspecified atom stereocenters. The molecule has 1 aromatic rings. The molecule has 1 amide bonds. The summed E-state index contributed by atoms with van der Waals surface area (Å²) in [6.07, 6.45) is 1.55. The Balaban J connectivity index is 2.76. The molecular formula is C11H15ClN4O4. The summed E-state index contributed by atoms with van der Waals surface area (Å²) in [5.74, 6) is -0.739. The van der Waals surface area contributed by atoms with Crippen molar-refractivity contribution in [2.45, 2.75) is 13.0 Å². The van der Waals surface area contributed by atoms with Crippen LogP contribution in [0.5, 0.6) is 0 Å². The van der Waals surface area contributed by atoms with E-state index in [2.05, 4.69) is 20.5 Å². The molecule has 0 spiro atoms. The average molecular weight is 303 g/mol. The van der Waals surface area contributed by atoms with Crippen molar-refractivity contribution in [3.63, 3.8) is 0 Å². The highest BCUT2D eigenvalue weighted by Crippen LogP contribution is 2.14. The number of esters is 1. The van der Waals surface area contributed by atoms with Crippen LogP contribution in [-0.4, -0.2) is 42.4 Å². The van der Waals surface area contributed by atoms with Crippen LogP contribution in [0.25, 0.3) is 0 Å². The van der Waals surface area contributed by atoms with Gasteiger partial charge in [0, 0.05) is 20.0 Å². The predicted molar refractivity (Wildman–Crippen MR) is 72.7 cm³/mol. The number of methoxy groups -OCH3 is 1. The minimum Gasteiger partial charge on any atom is -0.468 e. The topological polar surface area (TPSA) is 102 Å². The van der Waals surface area contributed by atoms with Crippen LogP contribution in [-0.2, 0) is 20.9 Å². The van der Waals surface area contributed by atoms with Crippen molar-refractivity contribution in [2.24, 2.45) is 0 Å². The second kappa shape index (κ2) is 7.49. The third-order valence-electron chi connectivity index (χ3n) is 2.44. The zero-order chi connectivity index (χ0) is 15.1. The largest absolute Gasteiger partial charge is 0.468 e. The summed E-state index contributed by atoms with van der Waals surface area (Å²) >= 11 is 5.89. The second-order valence-electron chi connectivity index (χ2n) is 3.76. The smallest absolute Gasteiger partial charge is 0.327 e. The van der Waals surface area contributed by atoms with Crippen LogP contribution < -0.4 is 16.2 Å². The molecule has 0 radical (unpaired) electrons. The lowest BCUT2D eigenvalue weighted by molar-refractivity contribution is -0.141. The van der Waals surface area contributed by atoms with E-state index in [4.69, 9.17) is 11.6 Å². The molecule has 1 rings (SSSR count). The Morgan fingerprint density at radius 1 is 1.50 bits per heavy atom. The monoisotopic (exact) mass is 302 g/mol. The Morgan fingerprint density at radius 3 is 2.80 bits per heavy atom. The van der Waals surface area contributed by atoms with Gasteiger partial charge in [-0.05, 0) is 0 Å². The number of hydrogen-bond donors (Lipinski definition) is 2. The predicted octanol–water partition coefficient (Wildman–Crippen LogP) is -0.382. The first-order valence-corrected chi connectivity index (χ1v) is 6.14. The molecule has 0 saturated carbocycles. The van der Waals surface area contributed by atoms with Crippen LogP contribution in [0.1, 0.15) is 6.42 Å². The van der Waals surface area contributed by atoms with Crippen molar-refractivity contribution in [3.05, 3.63) is 21.6 Å². The van der Waals surface area contributed by atoms with Crippen LogP contribution in [0.4, 0.5) is 5.69 Å². The number of ether oxygens (including phenoxy) is 1. The van der Waals surface area contributed by atoms with Crippen molar-refractivity contribution in [1.29, 1.82) is 0 Å². The van der Waals surface area contributed by atoms with Crippen molar-refractivity contribution >= 4 is 29.2 Å². The maximum Gasteiger partial charge on any atom is 0.327 e. The van der Waals surface area contributed by atoms with Gasteiger partial charge in [-0.2, -0.15) is 5.10 Å². The Bertz CT molecular complexity index is 558. The molecule has 9 heteroatoms. The number of carbonyl (C=O) groups excluding carboxylic acids is 2. The molecule has 1 heterocycles. The van der Waals surface area contributed by atoms with Gasteiger partial charge < -0.3 is 15.4 Å². The zero-order valence-corrected chi connectivity index (χ0v) is 11.9. The number of aromatic nitrogens is 2. The summed E-state index contributed by atoms with van der Waals surface area (Å²) in [5, 5.41) is 9.00. The van der Waals surface area contributed by atoms with Crippen LogP contribution >= 0.6 is 11.6 Å². The van der Waals surface area contributed by atoms with Gasteiger partial charge in [0.1, 0.15) is 11.6 Å². The normalized spacial score (nSPS) is 9.95. The molecule has 0 fully saturated rings. The number of rotatable bonds is 6. The molecule has 1 aromatic heterocycles. The molecule has 0 aliphatic carbocycles. The summed E-state index contributed by atoms with van der Waals surface area (Å²) in [6, 6.07) is 0. The van der Waals surface area contributed by atoms with Gasteiger partial charge in [0.25, 0.3) is 5.56 Å². The summed E-state index contributed by atoms with van der Waals surface area (Å²) in [4.78, 5) is 34.0. The molecule has 0 aliphatic heterocycles. The molecule has 0 atom stereocenters. The van der Waals surface area contributed by atoms with E-state index in [1.54, 1.807) is 0 Å². The highest BCUT2D eigenvalue weighted by atomic mass is 35.5. The third kappa shape index (κ3) is 4.23. The minimum absolute atomic E-state index is 0.0965. The maximum atomic E-state index is 11.8. The van der Waals surface area contributed by atoms with Gasteiger partial charge in [-0.1, -0.05) is 11.6 Å². The first-order chi connectivity index (χ1) is 9.49. The first kappa shape index (κ1) is 16.0. The average Bonchev–Trinajstić information content (AvgIpc) is 2.45. The van der Waals surface area contributed by atoms with Crippen molar-refractivity contribution in [3.8, 4) is 0 Å². The van der Waals surface area contributed by atoms with Crippen molar-refractivity contribution in [1.82, 2.24) is 15.1 Å². The quantitative estimate of drug-likeness (QED) is 0.694. The van der Waals surface area contributed by atoms with Gasteiger partial charge >= 0.3 is 5.97 Å². The number of hydrogen-bond acceptors (Lipinski definition) is 6. The highest BCUT2D eigenvalue weighted by molar-refractivity contribution is 6.32.